The maximum Gasteiger partial charge on any atom is 0.405 e. The molecule has 0 radical (unpaired) electrons. The molecule has 1 aliphatic heterocycles. The van der Waals surface area contributed by atoms with E-state index in [4.69, 9.17) is 0 Å². The number of alkyl halides is 3. The fraction of sp³-hybridized carbons (Fsp3) is 0.632. The van der Waals surface area contributed by atoms with Gasteiger partial charge < -0.3 is 10.6 Å². The van der Waals surface area contributed by atoms with Crippen LogP contribution in [-0.4, -0.2) is 55.7 Å². The second-order valence-corrected chi connectivity index (χ2v) is 7.04. The average molecular weight is 408 g/mol. The summed E-state index contributed by atoms with van der Waals surface area (Å²) < 4.78 is 39.9. The third-order valence-electron chi connectivity index (χ3n) is 4.75. The quantitative estimate of drug-likeness (QED) is 0.730. The largest absolute Gasteiger partial charge is 0.405 e. The van der Waals surface area contributed by atoms with Gasteiger partial charge in [-0.1, -0.05) is 38.1 Å². The minimum Gasteiger partial charge on any atom is -0.354 e. The molecule has 2 rings (SSSR count). The van der Waals surface area contributed by atoms with E-state index in [1.54, 1.807) is 0 Å². The summed E-state index contributed by atoms with van der Waals surface area (Å²) in [6, 6.07) is 6.38. The third-order valence-corrected chi connectivity index (χ3v) is 4.75. The van der Waals surface area contributed by atoms with Crippen LogP contribution in [0.2, 0.25) is 0 Å². The zero-order valence-corrected chi connectivity index (χ0v) is 16.6. The van der Waals surface area contributed by atoms with Crippen LogP contribution < -0.4 is 10.6 Å². The van der Waals surface area contributed by atoms with Crippen LogP contribution in [0.25, 0.3) is 0 Å². The second kappa shape index (κ2) is 10.9. The van der Waals surface area contributed by atoms with Crippen molar-refractivity contribution in [3.8, 4) is 0 Å². The topological polar surface area (TPSA) is 44.4 Å². The van der Waals surface area contributed by atoms with Crippen molar-refractivity contribution in [3.63, 3.8) is 0 Å². The van der Waals surface area contributed by atoms with Gasteiger partial charge in [-0.2, -0.15) is 13.2 Å². The van der Waals surface area contributed by atoms with Gasteiger partial charge in [-0.15, -0.1) is 12.4 Å². The minimum atomic E-state index is -4.35. The van der Waals surface area contributed by atoms with Crippen LogP contribution in [0.5, 0.6) is 0 Å². The van der Waals surface area contributed by atoms with Gasteiger partial charge >= 0.3 is 6.18 Å². The molecule has 1 aliphatic rings. The lowest BCUT2D eigenvalue weighted by Gasteiger charge is -2.35. The molecule has 0 aliphatic carbocycles. The van der Waals surface area contributed by atoms with E-state index in [1.165, 1.54) is 10.5 Å². The lowest BCUT2D eigenvalue weighted by molar-refractivity contribution is -0.184. The second-order valence-electron chi connectivity index (χ2n) is 7.04. The van der Waals surface area contributed by atoms with Gasteiger partial charge in [-0.25, -0.2) is 0 Å². The van der Waals surface area contributed by atoms with E-state index < -0.39 is 18.8 Å². The zero-order valence-electron chi connectivity index (χ0n) is 15.8. The molecule has 1 fully saturated rings. The summed E-state index contributed by atoms with van der Waals surface area (Å²) >= 11 is 0. The number of nitrogens with zero attached hydrogens (tertiary/aromatic N) is 1. The number of benzene rings is 1. The SMILES string of the molecule is CC(C)c1ccc(CCC(=O)NCC(N2CCNCC2)C(F)(F)F)cc1.Cl. The summed E-state index contributed by atoms with van der Waals surface area (Å²) in [6.07, 6.45) is -3.64. The number of carbonyl (C=O) groups is 1. The van der Waals surface area contributed by atoms with Gasteiger partial charge in [0.25, 0.3) is 0 Å². The highest BCUT2D eigenvalue weighted by Crippen LogP contribution is 2.24. The number of hydrogen-bond donors (Lipinski definition) is 2. The molecule has 0 aromatic heterocycles. The molecule has 8 heteroatoms. The Labute approximate surface area is 165 Å². The Morgan fingerprint density at radius 1 is 1.19 bits per heavy atom. The number of hydrogen-bond acceptors (Lipinski definition) is 3. The summed E-state index contributed by atoms with van der Waals surface area (Å²) in [4.78, 5) is 13.4. The van der Waals surface area contributed by atoms with Gasteiger partial charge in [0.2, 0.25) is 5.91 Å². The highest BCUT2D eigenvalue weighted by Gasteiger charge is 2.43. The molecule has 0 bridgehead atoms. The smallest absolute Gasteiger partial charge is 0.354 e. The van der Waals surface area contributed by atoms with Gasteiger partial charge in [-0.05, 0) is 23.5 Å². The Morgan fingerprint density at radius 3 is 2.30 bits per heavy atom. The summed E-state index contributed by atoms with van der Waals surface area (Å²) in [5.41, 5.74) is 2.24. The number of rotatable bonds is 7. The van der Waals surface area contributed by atoms with E-state index in [0.29, 0.717) is 38.5 Å². The average Bonchev–Trinajstić information content (AvgIpc) is 2.60. The van der Waals surface area contributed by atoms with Gasteiger partial charge in [0, 0.05) is 39.1 Å². The van der Waals surface area contributed by atoms with E-state index in [-0.39, 0.29) is 24.7 Å². The number of amides is 1. The third kappa shape index (κ3) is 7.68. The van der Waals surface area contributed by atoms with Gasteiger partial charge in [-0.3, -0.25) is 9.69 Å². The first-order valence-corrected chi connectivity index (χ1v) is 9.14. The number of nitrogens with one attached hydrogen (secondary N) is 2. The molecule has 154 valence electrons. The van der Waals surface area contributed by atoms with Crippen molar-refractivity contribution in [2.45, 2.75) is 44.8 Å². The summed E-state index contributed by atoms with van der Waals surface area (Å²) in [5.74, 6) is 0.0963. The predicted octanol–water partition coefficient (Wildman–Crippen LogP) is 3.12. The molecule has 0 saturated carbocycles. The maximum absolute atomic E-state index is 13.3. The lowest BCUT2D eigenvalue weighted by atomic mass is 10.0. The Balaban J connectivity index is 0.00000364. The predicted molar refractivity (Wildman–Crippen MR) is 103 cm³/mol. The normalized spacial score (nSPS) is 16.7. The van der Waals surface area contributed by atoms with Crippen LogP contribution in [0.15, 0.2) is 24.3 Å². The lowest BCUT2D eigenvalue weighted by Crippen LogP contribution is -2.57. The molecule has 1 saturated heterocycles. The van der Waals surface area contributed by atoms with Crippen molar-refractivity contribution in [3.05, 3.63) is 35.4 Å². The number of piperazine rings is 1. The van der Waals surface area contributed by atoms with Crippen LogP contribution >= 0.6 is 12.4 Å². The zero-order chi connectivity index (χ0) is 19.2. The Kier molecular flexibility index (Phi) is 9.56. The summed E-state index contributed by atoms with van der Waals surface area (Å²) in [7, 11) is 0. The highest BCUT2D eigenvalue weighted by molar-refractivity contribution is 5.85. The number of aryl methyl sites for hydroxylation is 1. The van der Waals surface area contributed by atoms with Crippen molar-refractivity contribution in [2.24, 2.45) is 0 Å². The molecule has 1 aromatic rings. The highest BCUT2D eigenvalue weighted by atomic mass is 35.5. The number of halogens is 4. The molecule has 2 N–H and O–H groups in total. The first-order chi connectivity index (χ1) is 12.3. The Hall–Kier alpha value is -1.31. The molecular formula is C19H29ClF3N3O. The molecular weight excluding hydrogens is 379 g/mol. The minimum absolute atomic E-state index is 0. The van der Waals surface area contributed by atoms with Gasteiger partial charge in [0.1, 0.15) is 6.04 Å². The molecule has 1 heterocycles. The van der Waals surface area contributed by atoms with Crippen molar-refractivity contribution < 1.29 is 18.0 Å². The van der Waals surface area contributed by atoms with Crippen molar-refractivity contribution >= 4 is 18.3 Å². The van der Waals surface area contributed by atoms with Crippen LogP contribution in [-0.2, 0) is 11.2 Å². The molecule has 27 heavy (non-hydrogen) atoms. The maximum atomic E-state index is 13.3. The fourth-order valence-corrected chi connectivity index (χ4v) is 3.07. The van der Waals surface area contributed by atoms with Crippen LogP contribution in [0.1, 0.15) is 37.3 Å². The molecule has 4 nitrogen and oxygen atoms in total. The van der Waals surface area contributed by atoms with E-state index in [2.05, 4.69) is 24.5 Å². The molecule has 1 atom stereocenters. The molecule has 0 spiro atoms. The van der Waals surface area contributed by atoms with Gasteiger partial charge in [0.05, 0.1) is 0 Å². The summed E-state index contributed by atoms with van der Waals surface area (Å²) in [6.45, 7) is 5.56. The van der Waals surface area contributed by atoms with Crippen molar-refractivity contribution in [1.29, 1.82) is 0 Å². The molecule has 1 amide bonds. The first-order valence-electron chi connectivity index (χ1n) is 9.14. The molecule has 1 unspecified atom stereocenters. The Morgan fingerprint density at radius 2 is 1.78 bits per heavy atom. The molecule has 1 aromatic carbocycles. The standard InChI is InChI=1S/C19H28F3N3O.ClH/c1-14(2)16-6-3-15(4-7-16)5-8-18(26)24-13-17(19(20,21)22)25-11-9-23-10-12-25;/h3-4,6-7,14,17,23H,5,8-13H2,1-2H3,(H,24,26);1H. The summed E-state index contributed by atoms with van der Waals surface area (Å²) in [5, 5.41) is 5.50. The first kappa shape index (κ1) is 23.7. The monoisotopic (exact) mass is 407 g/mol. The van der Waals surface area contributed by atoms with E-state index in [9.17, 15) is 18.0 Å². The van der Waals surface area contributed by atoms with Crippen molar-refractivity contribution in [2.75, 3.05) is 32.7 Å². The Bertz CT molecular complexity index is 573. The fourth-order valence-electron chi connectivity index (χ4n) is 3.07. The van der Waals surface area contributed by atoms with E-state index in [1.807, 2.05) is 24.3 Å². The van der Waals surface area contributed by atoms with Crippen LogP contribution in [0.4, 0.5) is 13.2 Å². The van der Waals surface area contributed by atoms with Crippen LogP contribution in [0.3, 0.4) is 0 Å². The van der Waals surface area contributed by atoms with Crippen LogP contribution in [0, 0.1) is 0 Å². The number of carbonyl (C=O) groups excluding carboxylic acids is 1. The van der Waals surface area contributed by atoms with Gasteiger partial charge in [0.15, 0.2) is 0 Å². The van der Waals surface area contributed by atoms with Crippen molar-refractivity contribution in [1.82, 2.24) is 15.5 Å². The van der Waals surface area contributed by atoms with E-state index in [0.717, 1.165) is 5.56 Å². The van der Waals surface area contributed by atoms with E-state index >= 15 is 0 Å².